The lowest BCUT2D eigenvalue weighted by Crippen LogP contribution is -2.32. The normalized spacial score (nSPS) is 13.0. The van der Waals surface area contributed by atoms with Gasteiger partial charge in [-0.05, 0) is 12.5 Å². The Morgan fingerprint density at radius 1 is 1.50 bits per heavy atom. The highest BCUT2D eigenvalue weighted by atomic mass is 32.2. The van der Waals surface area contributed by atoms with Gasteiger partial charge in [0.25, 0.3) is 5.69 Å². The van der Waals surface area contributed by atoms with Gasteiger partial charge in [0.15, 0.2) is 4.90 Å². The van der Waals surface area contributed by atoms with Gasteiger partial charge in [0.2, 0.25) is 10.0 Å². The molecule has 3 N–H and O–H groups in total. The number of aliphatic hydroxyl groups is 1. The molecular formula is C12H14N4O5S. The summed E-state index contributed by atoms with van der Waals surface area (Å²) < 4.78 is 27.2. The van der Waals surface area contributed by atoms with E-state index in [0.29, 0.717) is 0 Å². The number of nitro benzene ring substituents is 1. The first kappa shape index (κ1) is 16.1. The van der Waals surface area contributed by atoms with Crippen molar-refractivity contribution in [2.75, 3.05) is 6.61 Å². The molecule has 0 saturated carbocycles. The number of benzene rings is 1. The summed E-state index contributed by atoms with van der Waals surface area (Å²) in [5.74, 6) is 0.210. The molecule has 0 aliphatic carbocycles. The second-order valence-electron chi connectivity index (χ2n) is 4.51. The SMILES string of the molecule is Cc1cccc([N+](=O)[O-])c1S(=O)(=O)NC(CO)c1ncc[nH]1. The standard InChI is InChI=1S/C12H14N4O5S/c1-8-3-2-4-10(16(18)19)11(8)22(20,21)15-9(7-17)12-13-5-6-14-12/h2-6,9,15,17H,7H2,1H3,(H,13,14). The zero-order valence-electron chi connectivity index (χ0n) is 11.6. The van der Waals surface area contributed by atoms with Gasteiger partial charge in [-0.25, -0.2) is 13.4 Å². The van der Waals surface area contributed by atoms with Crippen LogP contribution in [-0.2, 0) is 10.0 Å². The molecule has 0 spiro atoms. The minimum absolute atomic E-state index is 0.210. The molecule has 0 saturated heterocycles. The number of hydrogen-bond acceptors (Lipinski definition) is 6. The van der Waals surface area contributed by atoms with Crippen molar-refractivity contribution in [1.29, 1.82) is 0 Å². The number of aliphatic hydroxyl groups excluding tert-OH is 1. The Hall–Kier alpha value is -2.30. The maximum Gasteiger partial charge on any atom is 0.289 e. The molecule has 0 radical (unpaired) electrons. The van der Waals surface area contributed by atoms with Crippen LogP contribution in [-0.4, -0.2) is 35.0 Å². The van der Waals surface area contributed by atoms with E-state index in [-0.39, 0.29) is 11.4 Å². The topological polar surface area (TPSA) is 138 Å². The minimum Gasteiger partial charge on any atom is -0.394 e. The molecule has 9 nitrogen and oxygen atoms in total. The Morgan fingerprint density at radius 3 is 2.77 bits per heavy atom. The number of H-pyrrole nitrogens is 1. The smallest absolute Gasteiger partial charge is 0.289 e. The molecule has 0 amide bonds. The number of aromatic nitrogens is 2. The molecule has 2 aromatic rings. The lowest BCUT2D eigenvalue weighted by Gasteiger charge is -2.15. The van der Waals surface area contributed by atoms with E-state index < -0.39 is 38.2 Å². The fraction of sp³-hybridized carbons (Fsp3) is 0.250. The van der Waals surface area contributed by atoms with Gasteiger partial charge in [0.1, 0.15) is 11.9 Å². The van der Waals surface area contributed by atoms with Gasteiger partial charge in [-0.1, -0.05) is 12.1 Å². The fourth-order valence-corrected chi connectivity index (χ4v) is 3.61. The minimum atomic E-state index is -4.22. The highest BCUT2D eigenvalue weighted by Crippen LogP contribution is 2.27. The average Bonchev–Trinajstić information content (AvgIpc) is 2.98. The average molecular weight is 326 g/mol. The number of nitro groups is 1. The van der Waals surface area contributed by atoms with E-state index in [1.807, 2.05) is 0 Å². The summed E-state index contributed by atoms with van der Waals surface area (Å²) in [6.07, 6.45) is 2.88. The van der Waals surface area contributed by atoms with Crippen LogP contribution < -0.4 is 4.72 Å². The van der Waals surface area contributed by atoms with E-state index >= 15 is 0 Å². The lowest BCUT2D eigenvalue weighted by molar-refractivity contribution is -0.387. The molecule has 1 aromatic carbocycles. The molecule has 0 bridgehead atoms. The van der Waals surface area contributed by atoms with Gasteiger partial charge in [0, 0.05) is 18.5 Å². The number of imidazole rings is 1. The second kappa shape index (κ2) is 6.22. The van der Waals surface area contributed by atoms with Crippen LogP contribution in [0.15, 0.2) is 35.5 Å². The van der Waals surface area contributed by atoms with Crippen molar-refractivity contribution < 1.29 is 18.4 Å². The monoisotopic (exact) mass is 326 g/mol. The van der Waals surface area contributed by atoms with Gasteiger partial charge in [0.05, 0.1) is 11.5 Å². The second-order valence-corrected chi connectivity index (χ2v) is 6.16. The molecular weight excluding hydrogens is 312 g/mol. The molecule has 1 aromatic heterocycles. The number of aryl methyl sites for hydroxylation is 1. The molecule has 0 aliphatic rings. The molecule has 1 unspecified atom stereocenters. The zero-order chi connectivity index (χ0) is 16.3. The van der Waals surface area contributed by atoms with E-state index in [1.54, 1.807) is 0 Å². The van der Waals surface area contributed by atoms with Crippen LogP contribution in [0.25, 0.3) is 0 Å². The van der Waals surface area contributed by atoms with Gasteiger partial charge < -0.3 is 10.1 Å². The summed E-state index contributed by atoms with van der Waals surface area (Å²) in [7, 11) is -4.22. The third-order valence-corrected chi connectivity index (χ3v) is 4.65. The number of nitrogens with zero attached hydrogens (tertiary/aromatic N) is 2. The summed E-state index contributed by atoms with van der Waals surface area (Å²) in [6, 6.07) is 2.95. The van der Waals surface area contributed by atoms with Crippen molar-refractivity contribution in [3.8, 4) is 0 Å². The number of hydrogen-bond donors (Lipinski definition) is 3. The van der Waals surface area contributed by atoms with Crippen molar-refractivity contribution in [2.45, 2.75) is 17.9 Å². The Kier molecular flexibility index (Phi) is 4.54. The van der Waals surface area contributed by atoms with E-state index in [4.69, 9.17) is 0 Å². The maximum atomic E-state index is 12.5. The summed E-state index contributed by atoms with van der Waals surface area (Å²) >= 11 is 0. The number of aromatic amines is 1. The third kappa shape index (κ3) is 3.13. The summed E-state index contributed by atoms with van der Waals surface area (Å²) in [5.41, 5.74) is -0.290. The Balaban J connectivity index is 2.45. The largest absolute Gasteiger partial charge is 0.394 e. The highest BCUT2D eigenvalue weighted by Gasteiger charge is 2.30. The van der Waals surface area contributed by atoms with Gasteiger partial charge in [-0.2, -0.15) is 4.72 Å². The highest BCUT2D eigenvalue weighted by molar-refractivity contribution is 7.89. The fourth-order valence-electron chi connectivity index (χ4n) is 2.02. The molecule has 1 atom stereocenters. The van der Waals surface area contributed by atoms with Crippen molar-refractivity contribution in [3.05, 3.63) is 52.1 Å². The molecule has 22 heavy (non-hydrogen) atoms. The molecule has 1 heterocycles. The van der Waals surface area contributed by atoms with Crippen molar-refractivity contribution >= 4 is 15.7 Å². The molecule has 10 heteroatoms. The van der Waals surface area contributed by atoms with Gasteiger partial charge in [-0.15, -0.1) is 0 Å². The first-order valence-corrected chi connectivity index (χ1v) is 7.71. The first-order valence-electron chi connectivity index (χ1n) is 6.23. The predicted octanol–water partition coefficient (Wildman–Crippen LogP) is 0.638. The molecule has 0 aliphatic heterocycles. The van der Waals surface area contributed by atoms with Crippen LogP contribution in [0, 0.1) is 17.0 Å². The van der Waals surface area contributed by atoms with Crippen molar-refractivity contribution in [2.24, 2.45) is 0 Å². The first-order chi connectivity index (χ1) is 10.4. The lowest BCUT2D eigenvalue weighted by atomic mass is 10.2. The Bertz CT molecular complexity index is 773. The van der Waals surface area contributed by atoms with Crippen LogP contribution in [0.1, 0.15) is 17.4 Å². The quantitative estimate of drug-likeness (QED) is 0.526. The number of nitrogens with one attached hydrogen (secondary N) is 2. The van der Waals surface area contributed by atoms with Crippen molar-refractivity contribution in [1.82, 2.24) is 14.7 Å². The Morgan fingerprint density at radius 2 is 2.23 bits per heavy atom. The van der Waals surface area contributed by atoms with E-state index in [0.717, 1.165) is 6.07 Å². The van der Waals surface area contributed by atoms with Crippen LogP contribution in [0.4, 0.5) is 5.69 Å². The van der Waals surface area contributed by atoms with Crippen LogP contribution in [0.5, 0.6) is 0 Å². The third-order valence-electron chi connectivity index (χ3n) is 2.99. The van der Waals surface area contributed by atoms with Crippen molar-refractivity contribution in [3.63, 3.8) is 0 Å². The van der Waals surface area contributed by atoms with E-state index in [1.165, 1.54) is 31.5 Å². The van der Waals surface area contributed by atoms with Gasteiger partial charge >= 0.3 is 0 Å². The zero-order valence-corrected chi connectivity index (χ0v) is 12.4. The number of rotatable bonds is 6. The van der Waals surface area contributed by atoms with Crippen LogP contribution in [0.3, 0.4) is 0 Å². The maximum absolute atomic E-state index is 12.5. The van der Waals surface area contributed by atoms with Crippen LogP contribution in [0.2, 0.25) is 0 Å². The van der Waals surface area contributed by atoms with Gasteiger partial charge in [-0.3, -0.25) is 10.1 Å². The summed E-state index contributed by atoms with van der Waals surface area (Å²) in [6.45, 7) is 0.912. The molecule has 118 valence electrons. The molecule has 2 rings (SSSR count). The van der Waals surface area contributed by atoms with E-state index in [2.05, 4.69) is 14.7 Å². The molecule has 0 fully saturated rings. The number of sulfonamides is 1. The summed E-state index contributed by atoms with van der Waals surface area (Å²) in [4.78, 5) is 16.4. The summed E-state index contributed by atoms with van der Waals surface area (Å²) in [5, 5.41) is 20.4. The Labute approximate surface area is 126 Å². The predicted molar refractivity (Wildman–Crippen MR) is 76.6 cm³/mol. The van der Waals surface area contributed by atoms with E-state index in [9.17, 15) is 23.6 Å². The van der Waals surface area contributed by atoms with Crippen LogP contribution >= 0.6 is 0 Å².